The summed E-state index contributed by atoms with van der Waals surface area (Å²) in [4.78, 5) is 3.62. The summed E-state index contributed by atoms with van der Waals surface area (Å²) in [6.45, 7) is 0. The van der Waals surface area contributed by atoms with E-state index in [9.17, 15) is 8.42 Å². The van der Waals surface area contributed by atoms with Gasteiger partial charge in [0.25, 0.3) is 0 Å². The molecule has 3 rings (SSSR count). The molecule has 3 aromatic rings. The molecule has 6 nitrogen and oxygen atoms in total. The molecule has 2 aromatic carbocycles. The van der Waals surface area contributed by atoms with Gasteiger partial charge in [0, 0.05) is 12.3 Å². The zero-order valence-corrected chi connectivity index (χ0v) is 14.2. The third kappa shape index (κ3) is 3.96. The lowest BCUT2D eigenvalue weighted by Gasteiger charge is -2.11. The molecule has 0 aliphatic heterocycles. The molecule has 128 valence electrons. The molecule has 1 heterocycles. The number of aromatic nitrogens is 1. The summed E-state index contributed by atoms with van der Waals surface area (Å²) in [5, 5.41) is 5.20. The lowest BCUT2D eigenvalue weighted by Crippen LogP contribution is -2.13. The number of ether oxygens (including phenoxy) is 2. The van der Waals surface area contributed by atoms with Gasteiger partial charge < -0.3 is 9.47 Å². The van der Waals surface area contributed by atoms with Crippen molar-refractivity contribution in [2.45, 2.75) is 4.90 Å². The fraction of sp³-hybridized carbons (Fsp3) is 0.0556. The van der Waals surface area contributed by atoms with E-state index in [-0.39, 0.29) is 10.6 Å². The van der Waals surface area contributed by atoms with Crippen LogP contribution >= 0.6 is 0 Å². The molecule has 0 atom stereocenters. The lowest BCUT2D eigenvalue weighted by molar-refractivity contribution is 0.415. The first-order chi connectivity index (χ1) is 12.0. The second kappa shape index (κ2) is 6.92. The van der Waals surface area contributed by atoms with Gasteiger partial charge in [-0.2, -0.15) is 0 Å². The summed E-state index contributed by atoms with van der Waals surface area (Å²) in [5.41, 5.74) is 1.90. The van der Waals surface area contributed by atoms with Gasteiger partial charge >= 0.3 is 0 Å². The fourth-order valence-corrected chi connectivity index (χ4v) is 2.91. The van der Waals surface area contributed by atoms with Gasteiger partial charge in [0.05, 0.1) is 13.3 Å². The highest BCUT2D eigenvalue weighted by molar-refractivity contribution is 7.89. The van der Waals surface area contributed by atoms with Crippen molar-refractivity contribution in [2.75, 3.05) is 7.11 Å². The van der Waals surface area contributed by atoms with Crippen molar-refractivity contribution in [3.8, 4) is 28.4 Å². The molecule has 0 radical (unpaired) electrons. The molecule has 0 aliphatic rings. The van der Waals surface area contributed by atoms with Gasteiger partial charge in [-0.3, -0.25) is 4.98 Å². The number of methoxy groups -OCH3 is 1. The largest absolute Gasteiger partial charge is 0.497 e. The van der Waals surface area contributed by atoms with E-state index in [0.29, 0.717) is 5.75 Å². The number of pyridine rings is 1. The Kier molecular flexibility index (Phi) is 4.69. The topological polar surface area (TPSA) is 91.5 Å². The molecule has 0 spiro atoms. The molecule has 7 heteroatoms. The molecule has 0 unspecified atom stereocenters. The van der Waals surface area contributed by atoms with E-state index in [0.717, 1.165) is 23.1 Å². The van der Waals surface area contributed by atoms with Gasteiger partial charge in [-0.05, 0) is 35.4 Å². The second-order valence-corrected chi connectivity index (χ2v) is 6.76. The molecule has 0 aliphatic carbocycles. The highest BCUT2D eigenvalue weighted by Gasteiger charge is 2.16. The molecular weight excluding hydrogens is 340 g/mol. The Balaban J connectivity index is 1.93. The zero-order chi connectivity index (χ0) is 17.9. The van der Waals surface area contributed by atoms with E-state index in [1.807, 2.05) is 42.5 Å². The van der Waals surface area contributed by atoms with Crippen molar-refractivity contribution >= 4 is 10.0 Å². The average Bonchev–Trinajstić information content (AvgIpc) is 2.62. The maximum absolute atomic E-state index is 11.6. The minimum atomic E-state index is -3.92. The maximum atomic E-state index is 11.6. The summed E-state index contributed by atoms with van der Waals surface area (Å²) in [6, 6.07) is 16.4. The van der Waals surface area contributed by atoms with E-state index < -0.39 is 10.0 Å². The van der Waals surface area contributed by atoms with Crippen molar-refractivity contribution in [1.82, 2.24) is 4.98 Å². The zero-order valence-electron chi connectivity index (χ0n) is 13.4. The van der Waals surface area contributed by atoms with Crippen molar-refractivity contribution in [3.63, 3.8) is 0 Å². The van der Waals surface area contributed by atoms with Crippen molar-refractivity contribution in [1.29, 1.82) is 0 Å². The predicted molar refractivity (Wildman–Crippen MR) is 94.1 cm³/mol. The Labute approximate surface area is 145 Å². The molecule has 0 fully saturated rings. The van der Waals surface area contributed by atoms with Gasteiger partial charge in [-0.25, -0.2) is 13.6 Å². The smallest absolute Gasteiger partial charge is 0.243 e. The van der Waals surface area contributed by atoms with Crippen LogP contribution in [0.3, 0.4) is 0 Å². The van der Waals surface area contributed by atoms with Gasteiger partial charge in [0.1, 0.15) is 16.4 Å². The molecule has 0 amide bonds. The van der Waals surface area contributed by atoms with Crippen molar-refractivity contribution in [3.05, 3.63) is 67.0 Å². The van der Waals surface area contributed by atoms with E-state index in [4.69, 9.17) is 14.6 Å². The van der Waals surface area contributed by atoms with Crippen LogP contribution in [0.1, 0.15) is 0 Å². The number of nitrogens with zero attached hydrogens (tertiary/aromatic N) is 1. The summed E-state index contributed by atoms with van der Waals surface area (Å²) in [5.74, 6) is 1.39. The first-order valence-electron chi connectivity index (χ1n) is 7.36. The van der Waals surface area contributed by atoms with Crippen LogP contribution in [0.25, 0.3) is 11.1 Å². The number of primary sulfonamides is 1. The van der Waals surface area contributed by atoms with Gasteiger partial charge in [-0.15, -0.1) is 0 Å². The fourth-order valence-electron chi connectivity index (χ4n) is 2.31. The van der Waals surface area contributed by atoms with Crippen molar-refractivity contribution < 1.29 is 17.9 Å². The third-order valence-electron chi connectivity index (χ3n) is 3.54. The van der Waals surface area contributed by atoms with Crippen LogP contribution in [0.4, 0.5) is 0 Å². The quantitative estimate of drug-likeness (QED) is 0.758. The van der Waals surface area contributed by atoms with E-state index in [1.165, 1.54) is 12.3 Å². The molecule has 0 saturated heterocycles. The Bertz CT molecular complexity index is 986. The van der Waals surface area contributed by atoms with Crippen LogP contribution in [0.15, 0.2) is 71.9 Å². The minimum Gasteiger partial charge on any atom is -0.497 e. The summed E-state index contributed by atoms with van der Waals surface area (Å²) >= 11 is 0. The molecule has 2 N–H and O–H groups in total. The van der Waals surface area contributed by atoms with Crippen LogP contribution in [0.5, 0.6) is 17.2 Å². The number of hydrogen-bond acceptors (Lipinski definition) is 5. The number of sulfonamides is 1. The Morgan fingerprint density at radius 1 is 0.960 bits per heavy atom. The SMILES string of the molecule is COc1ccc(-c2cccc(Oc3ccncc3S(N)(=O)=O)c2)cc1. The van der Waals surface area contributed by atoms with Crippen LogP contribution in [-0.2, 0) is 10.0 Å². The normalized spacial score (nSPS) is 11.1. The first-order valence-corrected chi connectivity index (χ1v) is 8.91. The number of hydrogen-bond donors (Lipinski definition) is 1. The molecule has 25 heavy (non-hydrogen) atoms. The summed E-state index contributed by atoms with van der Waals surface area (Å²) in [6.07, 6.45) is 2.61. The highest BCUT2D eigenvalue weighted by atomic mass is 32.2. The van der Waals surface area contributed by atoms with Crippen LogP contribution in [0.2, 0.25) is 0 Å². The Morgan fingerprint density at radius 2 is 1.72 bits per heavy atom. The highest BCUT2D eigenvalue weighted by Crippen LogP contribution is 2.30. The average molecular weight is 356 g/mol. The lowest BCUT2D eigenvalue weighted by atomic mass is 10.1. The van der Waals surface area contributed by atoms with Crippen LogP contribution < -0.4 is 14.6 Å². The van der Waals surface area contributed by atoms with Gasteiger partial charge in [0.15, 0.2) is 5.75 Å². The van der Waals surface area contributed by atoms with E-state index in [2.05, 4.69) is 4.98 Å². The standard InChI is InChI=1S/C18H16N2O4S/c1-23-15-7-5-13(6-8-15)14-3-2-4-16(11-14)24-17-9-10-20-12-18(17)25(19,21)22/h2-12H,1H3,(H2,19,21,22). The van der Waals surface area contributed by atoms with Crippen LogP contribution in [0, 0.1) is 0 Å². The molecule has 0 bridgehead atoms. The first kappa shape index (κ1) is 16.9. The minimum absolute atomic E-state index is 0.129. The number of benzene rings is 2. The van der Waals surface area contributed by atoms with Gasteiger partial charge in [-0.1, -0.05) is 24.3 Å². The van der Waals surface area contributed by atoms with E-state index in [1.54, 1.807) is 13.2 Å². The summed E-state index contributed by atoms with van der Waals surface area (Å²) in [7, 11) is -2.31. The maximum Gasteiger partial charge on any atom is 0.243 e. The van der Waals surface area contributed by atoms with E-state index >= 15 is 0 Å². The van der Waals surface area contributed by atoms with Crippen LogP contribution in [-0.4, -0.2) is 20.5 Å². The summed E-state index contributed by atoms with van der Waals surface area (Å²) < 4.78 is 34.1. The van der Waals surface area contributed by atoms with Crippen molar-refractivity contribution in [2.24, 2.45) is 5.14 Å². The Hall–Kier alpha value is -2.90. The third-order valence-corrected chi connectivity index (χ3v) is 4.46. The second-order valence-electron chi connectivity index (χ2n) is 5.23. The number of nitrogens with two attached hydrogens (primary N) is 1. The predicted octanol–water partition coefficient (Wildman–Crippen LogP) is 3.20. The monoisotopic (exact) mass is 356 g/mol. The number of rotatable bonds is 5. The van der Waals surface area contributed by atoms with Gasteiger partial charge in [0.2, 0.25) is 10.0 Å². The molecule has 1 aromatic heterocycles. The Morgan fingerprint density at radius 3 is 2.40 bits per heavy atom. The molecule has 0 saturated carbocycles. The molecular formula is C18H16N2O4S.